The third kappa shape index (κ3) is 3.77. The van der Waals surface area contributed by atoms with Gasteiger partial charge in [0.2, 0.25) is 0 Å². The van der Waals surface area contributed by atoms with Gasteiger partial charge in [-0.1, -0.05) is 25.1 Å². The molecule has 0 aliphatic heterocycles. The number of benzene rings is 1. The second-order valence-electron chi connectivity index (χ2n) is 4.78. The van der Waals surface area contributed by atoms with Crippen LogP contribution in [0.1, 0.15) is 25.2 Å². The first kappa shape index (κ1) is 15.9. The summed E-state index contributed by atoms with van der Waals surface area (Å²) in [6, 6.07) is 7.27. The number of rotatable bonds is 6. The molecular weight excluding hydrogens is 283 g/mol. The summed E-state index contributed by atoms with van der Waals surface area (Å²) in [5, 5.41) is 3.90. The van der Waals surface area contributed by atoms with Crippen LogP contribution >= 0.6 is 0 Å². The molecule has 6 heteroatoms. The third-order valence-corrected chi connectivity index (χ3v) is 3.26. The molecular formula is C15H18F3NO2. The van der Waals surface area contributed by atoms with Gasteiger partial charge in [0.05, 0.1) is 13.2 Å². The molecule has 2 aromatic rings. The zero-order chi connectivity index (χ0) is 15.5. The van der Waals surface area contributed by atoms with Crippen molar-refractivity contribution >= 4 is 11.0 Å². The average molecular weight is 301 g/mol. The van der Waals surface area contributed by atoms with Crippen molar-refractivity contribution in [2.75, 3.05) is 6.54 Å². The number of fused-ring (bicyclic) bond motifs is 1. The fourth-order valence-corrected chi connectivity index (χ4v) is 1.99. The average Bonchev–Trinajstić information content (AvgIpc) is 2.79. The molecule has 0 saturated heterocycles. The number of ether oxygens (including phenoxy) is 1. The molecule has 0 aliphatic rings. The monoisotopic (exact) mass is 301 g/mol. The summed E-state index contributed by atoms with van der Waals surface area (Å²) in [7, 11) is 0. The molecule has 1 aromatic carbocycles. The van der Waals surface area contributed by atoms with Gasteiger partial charge in [0.15, 0.2) is 6.10 Å². The van der Waals surface area contributed by atoms with Crippen LogP contribution in [0, 0.1) is 0 Å². The van der Waals surface area contributed by atoms with E-state index in [4.69, 9.17) is 9.15 Å². The van der Waals surface area contributed by atoms with Crippen LogP contribution in [0.2, 0.25) is 0 Å². The summed E-state index contributed by atoms with van der Waals surface area (Å²) >= 11 is 0. The summed E-state index contributed by atoms with van der Waals surface area (Å²) in [5.74, 6) is 0.618. The van der Waals surface area contributed by atoms with E-state index in [0.717, 1.165) is 18.9 Å². The molecule has 21 heavy (non-hydrogen) atoms. The topological polar surface area (TPSA) is 34.4 Å². The summed E-state index contributed by atoms with van der Waals surface area (Å²) in [6.07, 6.45) is -6.17. The Balaban J connectivity index is 2.23. The van der Waals surface area contributed by atoms with Crippen LogP contribution in [0.4, 0.5) is 13.2 Å². The fourth-order valence-electron chi connectivity index (χ4n) is 1.99. The van der Waals surface area contributed by atoms with Gasteiger partial charge >= 0.3 is 6.18 Å². The van der Waals surface area contributed by atoms with Crippen molar-refractivity contribution in [2.24, 2.45) is 0 Å². The molecule has 0 bridgehead atoms. The quantitative estimate of drug-likeness (QED) is 0.875. The lowest BCUT2D eigenvalue weighted by Crippen LogP contribution is -2.28. The zero-order valence-corrected chi connectivity index (χ0v) is 12.0. The van der Waals surface area contributed by atoms with Crippen LogP contribution in [0.25, 0.3) is 11.0 Å². The highest BCUT2D eigenvalue weighted by Crippen LogP contribution is 2.29. The molecule has 3 nitrogen and oxygen atoms in total. The van der Waals surface area contributed by atoms with E-state index in [2.05, 4.69) is 5.32 Å². The number of alkyl halides is 3. The SMILES string of the molecule is CCNCc1oc2ccccc2c1COC(C)C(F)(F)F. The highest BCUT2D eigenvalue weighted by atomic mass is 19.4. The van der Waals surface area contributed by atoms with Crippen molar-refractivity contribution in [1.82, 2.24) is 5.32 Å². The van der Waals surface area contributed by atoms with Crippen LogP contribution < -0.4 is 5.32 Å². The van der Waals surface area contributed by atoms with Gasteiger partial charge in [-0.15, -0.1) is 0 Å². The van der Waals surface area contributed by atoms with Crippen molar-refractivity contribution in [2.45, 2.75) is 39.3 Å². The number of nitrogens with one attached hydrogen (secondary N) is 1. The minimum Gasteiger partial charge on any atom is -0.459 e. The van der Waals surface area contributed by atoms with Gasteiger partial charge in [-0.2, -0.15) is 13.2 Å². The molecule has 1 unspecified atom stereocenters. The molecule has 0 saturated carbocycles. The Kier molecular flexibility index (Phi) is 4.90. The minimum absolute atomic E-state index is 0.127. The molecule has 116 valence electrons. The fraction of sp³-hybridized carbons (Fsp3) is 0.467. The van der Waals surface area contributed by atoms with Crippen molar-refractivity contribution in [3.63, 3.8) is 0 Å². The lowest BCUT2D eigenvalue weighted by atomic mass is 10.1. The van der Waals surface area contributed by atoms with E-state index in [1.165, 1.54) is 0 Å². The molecule has 0 radical (unpaired) electrons. The maximum absolute atomic E-state index is 12.5. The largest absolute Gasteiger partial charge is 0.459 e. The Morgan fingerprint density at radius 1 is 1.29 bits per heavy atom. The number of furan rings is 1. The number of para-hydroxylation sites is 1. The van der Waals surface area contributed by atoms with Gasteiger partial charge in [-0.25, -0.2) is 0 Å². The molecule has 1 atom stereocenters. The second kappa shape index (κ2) is 6.49. The van der Waals surface area contributed by atoms with E-state index in [1.54, 1.807) is 6.07 Å². The van der Waals surface area contributed by atoms with Crippen LogP contribution in [-0.4, -0.2) is 18.8 Å². The van der Waals surface area contributed by atoms with Crippen molar-refractivity contribution < 1.29 is 22.3 Å². The zero-order valence-electron chi connectivity index (χ0n) is 12.0. The first-order chi connectivity index (χ1) is 9.93. The number of halogens is 3. The van der Waals surface area contributed by atoms with E-state index in [-0.39, 0.29) is 6.61 Å². The molecule has 1 heterocycles. The predicted octanol–water partition coefficient (Wildman–Crippen LogP) is 4.01. The summed E-state index contributed by atoms with van der Waals surface area (Å²) in [4.78, 5) is 0. The van der Waals surface area contributed by atoms with Crippen LogP contribution in [0.15, 0.2) is 28.7 Å². The maximum Gasteiger partial charge on any atom is 0.414 e. The van der Waals surface area contributed by atoms with Gasteiger partial charge in [-0.05, 0) is 19.5 Å². The van der Waals surface area contributed by atoms with Crippen LogP contribution in [-0.2, 0) is 17.9 Å². The lowest BCUT2D eigenvalue weighted by Gasteiger charge is -2.16. The molecule has 0 aliphatic carbocycles. The smallest absolute Gasteiger partial charge is 0.414 e. The van der Waals surface area contributed by atoms with Crippen molar-refractivity contribution in [3.05, 3.63) is 35.6 Å². The molecule has 1 aromatic heterocycles. The Hall–Kier alpha value is -1.53. The van der Waals surface area contributed by atoms with Crippen molar-refractivity contribution in [3.8, 4) is 0 Å². The highest BCUT2D eigenvalue weighted by molar-refractivity contribution is 5.82. The van der Waals surface area contributed by atoms with Gasteiger partial charge in [0, 0.05) is 10.9 Å². The second-order valence-corrected chi connectivity index (χ2v) is 4.78. The predicted molar refractivity (Wildman–Crippen MR) is 73.9 cm³/mol. The van der Waals surface area contributed by atoms with E-state index in [0.29, 0.717) is 23.5 Å². The van der Waals surface area contributed by atoms with Crippen LogP contribution in [0.3, 0.4) is 0 Å². The number of hydrogen-bond donors (Lipinski definition) is 1. The Morgan fingerprint density at radius 2 is 2.00 bits per heavy atom. The molecule has 2 rings (SSSR count). The van der Waals surface area contributed by atoms with Gasteiger partial charge in [0.25, 0.3) is 0 Å². The Morgan fingerprint density at radius 3 is 2.67 bits per heavy atom. The summed E-state index contributed by atoms with van der Waals surface area (Å²) in [5.41, 5.74) is 1.33. The highest BCUT2D eigenvalue weighted by Gasteiger charge is 2.37. The van der Waals surface area contributed by atoms with Crippen molar-refractivity contribution in [1.29, 1.82) is 0 Å². The maximum atomic E-state index is 12.5. The normalized spacial score (nSPS) is 13.8. The molecule has 0 fully saturated rings. The Bertz CT molecular complexity index is 592. The number of hydrogen-bond acceptors (Lipinski definition) is 3. The van der Waals surface area contributed by atoms with E-state index in [1.807, 2.05) is 25.1 Å². The van der Waals surface area contributed by atoms with Gasteiger partial charge in [0.1, 0.15) is 11.3 Å². The van der Waals surface area contributed by atoms with Gasteiger partial charge < -0.3 is 14.5 Å². The Labute approximate surface area is 121 Å². The first-order valence-corrected chi connectivity index (χ1v) is 6.81. The minimum atomic E-state index is -4.36. The van der Waals surface area contributed by atoms with E-state index in [9.17, 15) is 13.2 Å². The van der Waals surface area contributed by atoms with Gasteiger partial charge in [-0.3, -0.25) is 0 Å². The third-order valence-electron chi connectivity index (χ3n) is 3.26. The molecule has 0 spiro atoms. The summed E-state index contributed by atoms with van der Waals surface area (Å²) < 4.78 is 48.3. The summed E-state index contributed by atoms with van der Waals surface area (Å²) in [6.45, 7) is 4.04. The first-order valence-electron chi connectivity index (χ1n) is 6.81. The van der Waals surface area contributed by atoms with Crippen LogP contribution in [0.5, 0.6) is 0 Å². The standard InChI is InChI=1S/C15H18F3NO2/c1-3-19-8-14-12(9-20-10(2)15(16,17)18)11-6-4-5-7-13(11)21-14/h4-7,10,19H,3,8-9H2,1-2H3. The lowest BCUT2D eigenvalue weighted by molar-refractivity contribution is -0.217. The van der Waals surface area contributed by atoms with E-state index < -0.39 is 12.3 Å². The molecule has 1 N–H and O–H groups in total. The molecule has 0 amide bonds. The van der Waals surface area contributed by atoms with E-state index >= 15 is 0 Å².